The minimum atomic E-state index is -4.84. The van der Waals surface area contributed by atoms with Crippen molar-refractivity contribution < 1.29 is 32.2 Å². The van der Waals surface area contributed by atoms with Gasteiger partial charge in [0.1, 0.15) is 5.75 Å². The van der Waals surface area contributed by atoms with Crippen LogP contribution >= 0.6 is 11.6 Å². The predicted molar refractivity (Wildman–Crippen MR) is 160 cm³/mol. The van der Waals surface area contributed by atoms with Gasteiger partial charge in [0.2, 0.25) is 5.91 Å². The summed E-state index contributed by atoms with van der Waals surface area (Å²) >= 11 is 6.11. The Labute approximate surface area is 251 Å². The van der Waals surface area contributed by atoms with Crippen LogP contribution in [0, 0.1) is 0 Å². The second-order valence-electron chi connectivity index (χ2n) is 10.2. The van der Waals surface area contributed by atoms with Crippen LogP contribution < -0.4 is 20.7 Å². The van der Waals surface area contributed by atoms with E-state index in [1.54, 1.807) is 24.4 Å². The highest BCUT2D eigenvalue weighted by Crippen LogP contribution is 2.38. The van der Waals surface area contributed by atoms with Crippen molar-refractivity contribution in [1.29, 1.82) is 0 Å². The Bertz CT molecular complexity index is 1590. The number of benzene rings is 3. The van der Waals surface area contributed by atoms with Gasteiger partial charge in [-0.25, -0.2) is 4.79 Å². The van der Waals surface area contributed by atoms with Crippen molar-refractivity contribution in [3.63, 3.8) is 0 Å². The largest absolute Gasteiger partial charge is 0.573 e. The van der Waals surface area contributed by atoms with Crippen LogP contribution in [0.4, 0.5) is 29.3 Å². The van der Waals surface area contributed by atoms with Crippen molar-refractivity contribution in [3.8, 4) is 16.9 Å². The zero-order valence-corrected chi connectivity index (χ0v) is 23.9. The van der Waals surface area contributed by atoms with E-state index >= 15 is 0 Å². The second kappa shape index (κ2) is 12.8. The number of anilines is 2. The Kier molecular flexibility index (Phi) is 8.96. The number of fused-ring (bicyclic) bond motifs is 4. The standard InChI is InChI=1S/C32H29ClF3N3O4/c1-42-31(41)38-23-11-12-25-20-6-4-5-19(15-20)24(7-2-3-8-30(40)39-28(25)17-23)27-13-9-21(18-37-27)26-16-22(33)10-14-29(26)43-32(34,35)36/h4-6,9-18,24,27,37H,2-3,7-8H2,1H3,(H,38,41)(H,39,40). The molecule has 2 amide bonds. The first-order valence-corrected chi connectivity index (χ1v) is 14.1. The molecule has 2 aliphatic heterocycles. The van der Waals surface area contributed by atoms with Crippen LogP contribution in [0.1, 0.15) is 42.7 Å². The van der Waals surface area contributed by atoms with Gasteiger partial charge in [-0.05, 0) is 54.3 Å². The fourth-order valence-corrected chi connectivity index (χ4v) is 5.53. The monoisotopic (exact) mass is 611 g/mol. The van der Waals surface area contributed by atoms with Gasteiger partial charge in [0, 0.05) is 45.9 Å². The molecule has 0 saturated heterocycles. The molecular formula is C32H29ClF3N3O4. The first-order valence-electron chi connectivity index (χ1n) is 13.7. The average Bonchev–Trinajstić information content (AvgIpc) is 2.97. The third kappa shape index (κ3) is 7.50. The maximum Gasteiger partial charge on any atom is 0.573 e. The lowest BCUT2D eigenvalue weighted by atomic mass is 9.83. The summed E-state index contributed by atoms with van der Waals surface area (Å²) in [5, 5.41) is 9.27. The highest BCUT2D eigenvalue weighted by molar-refractivity contribution is 6.30. The number of alkyl halides is 3. The first-order chi connectivity index (χ1) is 20.6. The van der Waals surface area contributed by atoms with E-state index in [1.165, 1.54) is 25.3 Å². The Morgan fingerprint density at radius 1 is 1.05 bits per heavy atom. The molecule has 2 atom stereocenters. The minimum Gasteiger partial charge on any atom is -0.453 e. The Morgan fingerprint density at radius 3 is 2.63 bits per heavy atom. The van der Waals surface area contributed by atoms with Gasteiger partial charge in [0.15, 0.2) is 0 Å². The van der Waals surface area contributed by atoms with Crippen molar-refractivity contribution in [2.75, 3.05) is 17.7 Å². The fraction of sp³-hybridized carbons (Fsp3) is 0.250. The lowest BCUT2D eigenvalue weighted by molar-refractivity contribution is -0.274. The summed E-state index contributed by atoms with van der Waals surface area (Å²) < 4.78 is 48.0. The van der Waals surface area contributed by atoms with Gasteiger partial charge in [0.05, 0.1) is 18.8 Å². The van der Waals surface area contributed by atoms with Crippen LogP contribution in [0.3, 0.4) is 0 Å². The highest BCUT2D eigenvalue weighted by Gasteiger charge is 2.33. The molecule has 0 spiro atoms. The molecule has 0 radical (unpaired) electrons. The molecule has 2 aliphatic rings. The van der Waals surface area contributed by atoms with Gasteiger partial charge in [-0.1, -0.05) is 60.5 Å². The van der Waals surface area contributed by atoms with E-state index in [2.05, 4.69) is 31.5 Å². The molecule has 11 heteroatoms. The van der Waals surface area contributed by atoms with E-state index in [9.17, 15) is 22.8 Å². The van der Waals surface area contributed by atoms with E-state index in [-0.39, 0.29) is 34.2 Å². The minimum absolute atomic E-state index is 0.00505. The van der Waals surface area contributed by atoms with Gasteiger partial charge < -0.3 is 20.1 Å². The molecule has 2 heterocycles. The van der Waals surface area contributed by atoms with E-state index in [4.69, 9.17) is 11.6 Å². The summed E-state index contributed by atoms with van der Waals surface area (Å²) in [7, 11) is 1.27. The first kappa shape index (κ1) is 30.0. The number of rotatable bonds is 4. The SMILES string of the molecule is COC(=O)Nc1ccc2c(c1)NC(=O)CCCCC(C1C=CC(c3cc(Cl)ccc3OC(F)(F)F)=CN1)c1cccc-2c1. The summed E-state index contributed by atoms with van der Waals surface area (Å²) in [4.78, 5) is 24.6. The number of halogens is 4. The number of carbonyl (C=O) groups is 2. The van der Waals surface area contributed by atoms with Crippen LogP contribution in [0.5, 0.6) is 5.75 Å². The Morgan fingerprint density at radius 2 is 1.88 bits per heavy atom. The summed E-state index contributed by atoms with van der Waals surface area (Å²) in [6, 6.07) is 17.1. The van der Waals surface area contributed by atoms with Crippen LogP contribution in [-0.2, 0) is 9.53 Å². The van der Waals surface area contributed by atoms with Crippen LogP contribution in [-0.4, -0.2) is 31.5 Å². The molecule has 7 nitrogen and oxygen atoms in total. The quantitative estimate of drug-likeness (QED) is 0.276. The summed E-state index contributed by atoms with van der Waals surface area (Å²) in [6.45, 7) is 0. The maximum absolute atomic E-state index is 13.0. The fourth-order valence-electron chi connectivity index (χ4n) is 5.36. The number of amides is 2. The summed E-state index contributed by atoms with van der Waals surface area (Å²) in [5.74, 6) is -0.467. The predicted octanol–water partition coefficient (Wildman–Crippen LogP) is 8.25. The molecule has 0 aliphatic carbocycles. The second-order valence-corrected chi connectivity index (χ2v) is 10.7. The van der Waals surface area contributed by atoms with Gasteiger partial charge in [-0.15, -0.1) is 13.2 Å². The third-order valence-electron chi connectivity index (χ3n) is 7.35. The van der Waals surface area contributed by atoms with Crippen LogP contribution in [0.2, 0.25) is 5.02 Å². The van der Waals surface area contributed by atoms with Gasteiger partial charge in [0.25, 0.3) is 0 Å². The number of hydrogen-bond acceptors (Lipinski definition) is 5. The van der Waals surface area contributed by atoms with E-state index < -0.39 is 12.5 Å². The zero-order chi connectivity index (χ0) is 30.6. The number of allylic oxidation sites excluding steroid dienone is 2. The van der Waals surface area contributed by atoms with Crippen molar-refractivity contribution >= 4 is 40.5 Å². The summed E-state index contributed by atoms with van der Waals surface area (Å²) in [6.07, 6.45) is 2.46. The van der Waals surface area contributed by atoms with Crippen LogP contribution in [0.15, 0.2) is 79.0 Å². The highest BCUT2D eigenvalue weighted by atomic mass is 35.5. The van der Waals surface area contributed by atoms with E-state index in [1.807, 2.05) is 30.3 Å². The molecule has 3 aromatic rings. The van der Waals surface area contributed by atoms with Gasteiger partial charge in [-0.3, -0.25) is 10.1 Å². The molecule has 224 valence electrons. The lowest BCUT2D eigenvalue weighted by Crippen LogP contribution is -2.31. The molecule has 0 fully saturated rings. The van der Waals surface area contributed by atoms with E-state index in [0.29, 0.717) is 29.8 Å². The van der Waals surface area contributed by atoms with Crippen LogP contribution in [0.25, 0.3) is 16.7 Å². The van der Waals surface area contributed by atoms with Gasteiger partial charge >= 0.3 is 12.5 Å². The Balaban J connectivity index is 1.45. The maximum atomic E-state index is 13.0. The Hall–Kier alpha value is -4.44. The number of dihydropyridines is 1. The number of ether oxygens (including phenoxy) is 2. The normalized spacial score (nSPS) is 18.5. The van der Waals surface area contributed by atoms with E-state index in [0.717, 1.165) is 29.5 Å². The average molecular weight is 612 g/mol. The molecule has 3 aromatic carbocycles. The molecule has 2 bridgehead atoms. The third-order valence-corrected chi connectivity index (χ3v) is 7.58. The number of nitrogens with one attached hydrogen (secondary N) is 3. The zero-order valence-electron chi connectivity index (χ0n) is 23.1. The van der Waals surface area contributed by atoms with Crippen molar-refractivity contribution in [1.82, 2.24) is 5.32 Å². The topological polar surface area (TPSA) is 88.7 Å². The molecule has 43 heavy (non-hydrogen) atoms. The molecule has 2 unspecified atom stereocenters. The lowest BCUT2D eigenvalue weighted by Gasteiger charge is -2.29. The number of hydrogen-bond donors (Lipinski definition) is 3. The van der Waals surface area contributed by atoms with Crippen molar-refractivity contribution in [3.05, 3.63) is 95.2 Å². The number of carbonyl (C=O) groups excluding carboxylic acids is 2. The van der Waals surface area contributed by atoms with Gasteiger partial charge in [-0.2, -0.15) is 0 Å². The molecule has 3 N–H and O–H groups in total. The molecular weight excluding hydrogens is 583 g/mol. The smallest absolute Gasteiger partial charge is 0.453 e. The molecule has 5 rings (SSSR count). The van der Waals surface area contributed by atoms with Crippen molar-refractivity contribution in [2.45, 2.75) is 44.0 Å². The molecule has 0 aromatic heterocycles. The summed E-state index contributed by atoms with van der Waals surface area (Å²) in [5.41, 5.74) is 4.50. The van der Waals surface area contributed by atoms with Crippen molar-refractivity contribution in [2.24, 2.45) is 0 Å². The number of methoxy groups -OCH3 is 1. The molecule has 0 saturated carbocycles.